The van der Waals surface area contributed by atoms with Crippen LogP contribution in [-0.2, 0) is 68.7 Å². The molecule has 0 spiro atoms. The summed E-state index contributed by atoms with van der Waals surface area (Å²) in [6.45, 7) is 12.3. The first-order chi connectivity index (χ1) is 39.2. The van der Waals surface area contributed by atoms with E-state index in [1.165, 1.54) is 20.8 Å². The normalized spacial score (nSPS) is 21.3. The van der Waals surface area contributed by atoms with Crippen molar-refractivity contribution in [1.82, 2.24) is 58.5 Å². The van der Waals surface area contributed by atoms with Crippen LogP contribution in [0, 0.1) is 17.8 Å². The first-order valence-corrected chi connectivity index (χ1v) is 28.4. The van der Waals surface area contributed by atoms with Gasteiger partial charge in [-0.1, -0.05) is 91.1 Å². The summed E-state index contributed by atoms with van der Waals surface area (Å²) in [6, 6.07) is -6.08. The molecule has 0 unspecified atom stereocenters. The highest BCUT2D eigenvalue weighted by atomic mass is 16.5. The Labute approximate surface area is 485 Å². The monoisotopic (exact) mass is 1170 g/mol. The molecule has 11 amide bonds. The van der Waals surface area contributed by atoms with Gasteiger partial charge < -0.3 is 84.9 Å². The van der Waals surface area contributed by atoms with Crippen molar-refractivity contribution in [2.75, 3.05) is 26.8 Å². The Balaban J connectivity index is 2.36. The molecule has 1 fully saturated rings. The Kier molecular flexibility index (Phi) is 31.4. The summed E-state index contributed by atoms with van der Waals surface area (Å²) in [5.74, 6) is -12.5. The number of cyclic esters (lactones) is 1. The predicted octanol–water partition coefficient (Wildman–Crippen LogP) is -3.83. The van der Waals surface area contributed by atoms with E-state index in [1.54, 1.807) is 48.6 Å². The number of hydrogen-bond acceptors (Lipinski definition) is 17. The van der Waals surface area contributed by atoms with Gasteiger partial charge in [-0.05, 0) is 89.8 Å². The Morgan fingerprint density at radius 1 is 0.590 bits per heavy atom. The average molecular weight is 1170 g/mol. The van der Waals surface area contributed by atoms with Crippen LogP contribution in [0.1, 0.15) is 119 Å². The smallest absolute Gasteiger partial charge is 0.328 e. The van der Waals surface area contributed by atoms with E-state index in [1.807, 2.05) is 30.3 Å². The highest BCUT2D eigenvalue weighted by molar-refractivity contribution is 5.99. The molecular formula is C55H91N13O15. The molecule has 15 atom stereocenters. The van der Waals surface area contributed by atoms with E-state index in [2.05, 4.69) is 58.5 Å². The molecule has 0 aromatic heterocycles. The number of aliphatic hydroxyl groups excluding tert-OH is 2. The van der Waals surface area contributed by atoms with Crippen molar-refractivity contribution in [3.63, 3.8) is 0 Å². The Morgan fingerprint density at radius 2 is 1.05 bits per heavy atom. The molecule has 0 radical (unpaired) electrons. The molecule has 1 aliphatic rings. The second kappa shape index (κ2) is 36.3. The summed E-state index contributed by atoms with van der Waals surface area (Å²) >= 11 is 0. The molecule has 0 saturated carbocycles. The fraction of sp³-hybridized carbons (Fsp3) is 0.673. The first kappa shape index (κ1) is 71.8. The number of nitrogens with one attached hydrogen (secondary N) is 11. The summed E-state index contributed by atoms with van der Waals surface area (Å²) in [4.78, 5) is 163. The molecule has 83 heavy (non-hydrogen) atoms. The van der Waals surface area contributed by atoms with Crippen molar-refractivity contribution >= 4 is 70.9 Å². The summed E-state index contributed by atoms with van der Waals surface area (Å²) in [5, 5.41) is 48.9. The van der Waals surface area contributed by atoms with Crippen LogP contribution in [0.25, 0.3) is 0 Å². The Morgan fingerprint density at radius 3 is 1.53 bits per heavy atom. The maximum absolute atomic E-state index is 14.3. The number of primary amides is 1. The topological polar surface area (TPSA) is 439 Å². The van der Waals surface area contributed by atoms with Gasteiger partial charge in [0.05, 0.1) is 19.3 Å². The van der Waals surface area contributed by atoms with Gasteiger partial charge in [-0.2, -0.15) is 0 Å². The van der Waals surface area contributed by atoms with Gasteiger partial charge in [-0.3, -0.25) is 52.7 Å². The second-order valence-electron chi connectivity index (χ2n) is 21.1. The number of carbonyl (C=O) groups is 12. The molecule has 1 aromatic rings. The third-order valence-electron chi connectivity index (χ3n) is 14.7. The Hall–Kier alpha value is -7.30. The number of unbranched alkanes of at least 4 members (excludes halogenated alkanes) is 1. The minimum atomic E-state index is -1.80. The van der Waals surface area contributed by atoms with Gasteiger partial charge in [0, 0.05) is 6.42 Å². The van der Waals surface area contributed by atoms with Crippen molar-refractivity contribution < 1.29 is 72.5 Å². The van der Waals surface area contributed by atoms with Gasteiger partial charge in [0.15, 0.2) is 0 Å². The third kappa shape index (κ3) is 23.1. The lowest BCUT2D eigenvalue weighted by Crippen LogP contribution is -2.63. The van der Waals surface area contributed by atoms with Crippen LogP contribution in [0.4, 0.5) is 0 Å². The van der Waals surface area contributed by atoms with Crippen molar-refractivity contribution in [3.05, 3.63) is 35.9 Å². The van der Waals surface area contributed by atoms with Crippen molar-refractivity contribution in [1.29, 1.82) is 0 Å². The van der Waals surface area contributed by atoms with Gasteiger partial charge in [0.2, 0.25) is 65.0 Å². The van der Waals surface area contributed by atoms with E-state index in [0.717, 1.165) is 5.56 Å². The van der Waals surface area contributed by atoms with Crippen LogP contribution >= 0.6 is 0 Å². The summed E-state index contributed by atoms with van der Waals surface area (Å²) in [5.41, 5.74) is 11.9. The zero-order chi connectivity index (χ0) is 62.7. The molecule has 466 valence electrons. The molecule has 17 N–H and O–H groups in total. The van der Waals surface area contributed by atoms with E-state index in [9.17, 15) is 67.7 Å². The standard InChI is InChI=1S/C55H91N13O15/c1-11-28(4)41(66-48(75)37(58-10)25-34-19-15-14-16-20-34)51(78)63-38(26-69)49(76)62-36(22-23-40(57)71)47(74)65-43(30(6)13-3)53(80)67-42(29(5)12-2)52(79)64-39(27-70)50(77)68-44-33(9)83-55(82)32(8)60-46(73)35(21-17-18-24-56)61-45(72)31(7)59-54(44)81/h14-16,19-20,28-33,35-39,41-44,58,69-70H,11-13,17-18,21-27,56H2,1-10H3,(H2,57,71)(H,59,81)(H,60,73)(H,61,72)(H,62,76)(H,63,78)(H,64,79)(H,65,74)(H,66,75)(H,67,80)(H,68,77)/t28-,29-,30-,31-,32-,33-,35-,36+,37+,38-,39-,41-,42-,43+,44+/m0/s1. The maximum atomic E-state index is 14.3. The lowest BCUT2D eigenvalue weighted by atomic mass is 9.94. The molecule has 1 heterocycles. The zero-order valence-electron chi connectivity index (χ0n) is 49.4. The highest BCUT2D eigenvalue weighted by Gasteiger charge is 2.40. The number of amides is 11. The number of carbonyl (C=O) groups excluding carboxylic acids is 12. The lowest BCUT2D eigenvalue weighted by Gasteiger charge is -2.31. The number of likely N-dealkylation sites (N-methyl/N-ethyl adjacent to an activating group) is 1. The molecule has 0 aliphatic carbocycles. The number of aliphatic hydroxyl groups is 2. The molecule has 1 aromatic carbocycles. The lowest BCUT2D eigenvalue weighted by molar-refractivity contribution is -0.155. The van der Waals surface area contributed by atoms with Gasteiger partial charge in [-0.15, -0.1) is 0 Å². The summed E-state index contributed by atoms with van der Waals surface area (Å²) < 4.78 is 5.49. The molecule has 0 bridgehead atoms. The Bertz CT molecular complexity index is 2370. The molecule has 1 saturated heterocycles. The number of hydrogen-bond donors (Lipinski definition) is 15. The largest absolute Gasteiger partial charge is 0.458 e. The van der Waals surface area contributed by atoms with Crippen LogP contribution < -0.4 is 70.0 Å². The van der Waals surface area contributed by atoms with E-state index < -0.39 is 187 Å². The minimum Gasteiger partial charge on any atom is -0.458 e. The third-order valence-corrected chi connectivity index (χ3v) is 14.7. The fourth-order valence-corrected chi connectivity index (χ4v) is 8.57. The van der Waals surface area contributed by atoms with E-state index in [4.69, 9.17) is 16.2 Å². The predicted molar refractivity (Wildman–Crippen MR) is 303 cm³/mol. The zero-order valence-corrected chi connectivity index (χ0v) is 49.4. The number of esters is 1. The van der Waals surface area contributed by atoms with Crippen LogP contribution in [0.5, 0.6) is 0 Å². The van der Waals surface area contributed by atoms with Crippen molar-refractivity contribution in [2.24, 2.45) is 29.2 Å². The second-order valence-corrected chi connectivity index (χ2v) is 21.1. The average Bonchev–Trinajstić information content (AvgIpc) is 3.56. The van der Waals surface area contributed by atoms with Crippen molar-refractivity contribution in [3.8, 4) is 0 Å². The highest BCUT2D eigenvalue weighted by Crippen LogP contribution is 2.16. The number of ether oxygens (including phenoxy) is 1. The fourth-order valence-electron chi connectivity index (χ4n) is 8.57. The van der Waals surface area contributed by atoms with Gasteiger partial charge in [0.25, 0.3) is 0 Å². The van der Waals surface area contributed by atoms with Gasteiger partial charge in [0.1, 0.15) is 66.5 Å². The SMILES string of the molecule is CC[C@H](C)[C@H](NC(=O)[C@@H](Cc1ccccc1)NC)C(=O)N[C@@H](CO)C(=O)N[C@H](CCC(N)=O)C(=O)N[C@@H](C(=O)N[C@H](C(=O)N[C@@H](CO)C(=O)N[C@H]1C(=O)N[C@@H](C)C(=O)N[C@@H](CCCCN)C(=O)N[C@@H](C)C(=O)O[C@H]1C)[C@@H](C)CC)[C@@H](C)CC. The minimum absolute atomic E-state index is 0.163. The number of nitrogens with two attached hydrogens (primary N) is 2. The van der Waals surface area contributed by atoms with Crippen LogP contribution in [-0.4, -0.2) is 181 Å². The van der Waals surface area contributed by atoms with Crippen molar-refractivity contribution in [2.45, 2.75) is 193 Å². The quantitative estimate of drug-likeness (QED) is 0.0243. The van der Waals surface area contributed by atoms with Crippen LogP contribution in [0.15, 0.2) is 30.3 Å². The number of rotatable bonds is 32. The molecule has 28 heteroatoms. The molecule has 1 aliphatic heterocycles. The van der Waals surface area contributed by atoms with Crippen LogP contribution in [0.3, 0.4) is 0 Å². The van der Waals surface area contributed by atoms with Gasteiger partial charge >= 0.3 is 5.97 Å². The van der Waals surface area contributed by atoms with Crippen LogP contribution in [0.2, 0.25) is 0 Å². The number of benzene rings is 1. The van der Waals surface area contributed by atoms with Gasteiger partial charge in [-0.25, -0.2) is 4.79 Å². The van der Waals surface area contributed by atoms with E-state index in [0.29, 0.717) is 32.2 Å². The maximum Gasteiger partial charge on any atom is 0.328 e. The molecule has 2 rings (SSSR count). The van der Waals surface area contributed by atoms with E-state index >= 15 is 0 Å². The summed E-state index contributed by atoms with van der Waals surface area (Å²) in [6.07, 6.45) is 0.101. The molecule has 28 nitrogen and oxygen atoms in total. The summed E-state index contributed by atoms with van der Waals surface area (Å²) in [7, 11) is 1.60. The first-order valence-electron chi connectivity index (χ1n) is 28.4. The van der Waals surface area contributed by atoms with E-state index in [-0.39, 0.29) is 19.3 Å². The molecular weight excluding hydrogens is 1080 g/mol.